The highest BCUT2D eigenvalue weighted by Gasteiger charge is 2.32. The van der Waals surface area contributed by atoms with Crippen molar-refractivity contribution in [3.63, 3.8) is 0 Å². The zero-order valence-corrected chi connectivity index (χ0v) is 20.2. The van der Waals surface area contributed by atoms with Gasteiger partial charge in [-0.3, -0.25) is 14.4 Å². The minimum Gasteiger partial charge on any atom is -0.507 e. The third-order valence-corrected chi connectivity index (χ3v) is 6.41. The molecule has 0 aliphatic carbocycles. The normalized spacial score (nSPS) is 12.0. The number of phenolic OH excluding ortho intramolecular Hbond substituents is 4. The fourth-order valence-corrected chi connectivity index (χ4v) is 4.49. The molecule has 198 valence electrons. The highest BCUT2D eigenvalue weighted by Crippen LogP contribution is 2.44. The van der Waals surface area contributed by atoms with E-state index >= 15 is 0 Å². The number of hydrogen-bond donors (Lipinski definition) is 5. The molecule has 5 aromatic rings. The number of rotatable bonds is 5. The largest absolute Gasteiger partial charge is 0.507 e. The van der Waals surface area contributed by atoms with Crippen molar-refractivity contribution in [1.29, 1.82) is 0 Å². The topological polar surface area (TPSA) is 188 Å². The average Bonchev–Trinajstić information content (AvgIpc) is 2.91. The number of benzene rings is 3. The van der Waals surface area contributed by atoms with Gasteiger partial charge in [-0.05, 0) is 30.3 Å². The van der Waals surface area contributed by atoms with E-state index in [9.17, 15) is 39.9 Å². The van der Waals surface area contributed by atoms with Crippen molar-refractivity contribution in [1.82, 2.24) is 0 Å². The first-order valence-corrected chi connectivity index (χ1v) is 11.5. The fraction of sp³-hybridized carbons (Fsp3) is 0.107. The van der Waals surface area contributed by atoms with Gasteiger partial charge in [0.25, 0.3) is 0 Å². The maximum Gasteiger partial charge on any atom is 0.306 e. The number of methoxy groups -OCH3 is 1. The summed E-state index contributed by atoms with van der Waals surface area (Å²) in [5.74, 6) is -5.91. The van der Waals surface area contributed by atoms with Gasteiger partial charge in [0.2, 0.25) is 11.2 Å². The van der Waals surface area contributed by atoms with Gasteiger partial charge in [0.15, 0.2) is 22.7 Å². The lowest BCUT2D eigenvalue weighted by atomic mass is 9.86. The Labute approximate surface area is 218 Å². The van der Waals surface area contributed by atoms with E-state index in [0.29, 0.717) is 0 Å². The number of fused-ring (bicyclic) bond motifs is 2. The lowest BCUT2D eigenvalue weighted by Crippen LogP contribution is -2.19. The van der Waals surface area contributed by atoms with Crippen molar-refractivity contribution >= 4 is 27.9 Å². The first kappa shape index (κ1) is 25.2. The van der Waals surface area contributed by atoms with Crippen molar-refractivity contribution in [2.24, 2.45) is 0 Å². The second-order valence-corrected chi connectivity index (χ2v) is 8.69. The standard InChI is InChI=1S/C28H20O11/c1-37-21(33)9-14(15-11-38-20-5-3-2-4-13(20)24(15)34)22-18(31)10-19(32)23-25(35)26(36)27(39-28(22)23)12-6-7-16(29)17(30)8-12/h2-8,10-11,14,29-32,36H,9H2,1H3/t14-/m1/s1. The fourth-order valence-electron chi connectivity index (χ4n) is 4.49. The molecule has 39 heavy (non-hydrogen) atoms. The summed E-state index contributed by atoms with van der Waals surface area (Å²) in [4.78, 5) is 39.1. The van der Waals surface area contributed by atoms with Crippen molar-refractivity contribution in [3.8, 4) is 40.1 Å². The lowest BCUT2D eigenvalue weighted by Gasteiger charge is -2.20. The van der Waals surface area contributed by atoms with Gasteiger partial charge in [-0.25, -0.2) is 0 Å². The Morgan fingerprint density at radius 3 is 2.36 bits per heavy atom. The molecule has 11 heteroatoms. The number of esters is 1. The molecule has 0 unspecified atom stereocenters. The number of para-hydroxylation sites is 1. The number of hydrogen-bond acceptors (Lipinski definition) is 11. The van der Waals surface area contributed by atoms with E-state index in [1.54, 1.807) is 18.2 Å². The number of carbonyl (C=O) groups is 1. The Bertz CT molecular complexity index is 1900. The second kappa shape index (κ2) is 9.45. The molecule has 1 atom stereocenters. The summed E-state index contributed by atoms with van der Waals surface area (Å²) >= 11 is 0. The molecule has 0 bridgehead atoms. The molecule has 11 nitrogen and oxygen atoms in total. The third kappa shape index (κ3) is 4.15. The van der Waals surface area contributed by atoms with Crippen LogP contribution >= 0.6 is 0 Å². The van der Waals surface area contributed by atoms with Gasteiger partial charge >= 0.3 is 5.97 Å². The van der Waals surface area contributed by atoms with Crippen molar-refractivity contribution in [2.75, 3.05) is 7.11 Å². The quantitative estimate of drug-likeness (QED) is 0.164. The average molecular weight is 532 g/mol. The summed E-state index contributed by atoms with van der Waals surface area (Å²) in [6.45, 7) is 0. The predicted octanol–water partition coefficient (Wildman–Crippen LogP) is 3.79. The van der Waals surface area contributed by atoms with Crippen LogP contribution in [0.4, 0.5) is 0 Å². The van der Waals surface area contributed by atoms with E-state index in [2.05, 4.69) is 0 Å². The van der Waals surface area contributed by atoms with Crippen LogP contribution < -0.4 is 10.9 Å². The third-order valence-electron chi connectivity index (χ3n) is 6.41. The summed E-state index contributed by atoms with van der Waals surface area (Å²) in [5, 5.41) is 51.4. The van der Waals surface area contributed by atoms with E-state index in [1.165, 1.54) is 12.1 Å². The van der Waals surface area contributed by atoms with Crippen LogP contribution in [0, 0.1) is 0 Å². The molecule has 0 spiro atoms. The minimum atomic E-state index is -1.30. The molecule has 0 aliphatic rings. The van der Waals surface area contributed by atoms with E-state index < -0.39 is 74.6 Å². The Morgan fingerprint density at radius 2 is 1.64 bits per heavy atom. The zero-order chi connectivity index (χ0) is 28.0. The van der Waals surface area contributed by atoms with Gasteiger partial charge in [0, 0.05) is 28.7 Å². The van der Waals surface area contributed by atoms with Gasteiger partial charge in [-0.1, -0.05) is 12.1 Å². The molecule has 0 aliphatic heterocycles. The molecule has 0 saturated heterocycles. The smallest absolute Gasteiger partial charge is 0.306 e. The molecule has 5 N–H and O–H groups in total. The minimum absolute atomic E-state index is 0.0367. The van der Waals surface area contributed by atoms with Crippen LogP contribution in [-0.2, 0) is 9.53 Å². The first-order valence-electron chi connectivity index (χ1n) is 11.5. The molecule has 0 amide bonds. The van der Waals surface area contributed by atoms with E-state index in [0.717, 1.165) is 31.6 Å². The summed E-state index contributed by atoms with van der Waals surface area (Å²) in [6, 6.07) is 10.6. The van der Waals surface area contributed by atoms with Gasteiger partial charge < -0.3 is 39.1 Å². The highest BCUT2D eigenvalue weighted by molar-refractivity contribution is 5.92. The predicted molar refractivity (Wildman–Crippen MR) is 137 cm³/mol. The Balaban J connectivity index is 1.88. The summed E-state index contributed by atoms with van der Waals surface area (Å²) in [5.41, 5.74) is -2.16. The highest BCUT2D eigenvalue weighted by atomic mass is 16.5. The number of carbonyl (C=O) groups excluding carboxylic acids is 1. The lowest BCUT2D eigenvalue weighted by molar-refractivity contribution is -0.140. The Kier molecular flexibility index (Phi) is 6.11. The molecular weight excluding hydrogens is 512 g/mol. The monoisotopic (exact) mass is 532 g/mol. The van der Waals surface area contributed by atoms with Crippen LogP contribution in [0.25, 0.3) is 33.3 Å². The molecule has 2 aromatic heterocycles. The van der Waals surface area contributed by atoms with Gasteiger partial charge in [-0.15, -0.1) is 0 Å². The first-order chi connectivity index (χ1) is 18.6. The van der Waals surface area contributed by atoms with Crippen LogP contribution in [0.1, 0.15) is 23.5 Å². The number of aromatic hydroxyl groups is 5. The number of ether oxygens (including phenoxy) is 1. The van der Waals surface area contributed by atoms with Crippen LogP contribution in [0.5, 0.6) is 28.7 Å². The Hall–Kier alpha value is -5.45. The SMILES string of the molecule is COC(=O)C[C@H](c1coc2ccccc2c1=O)c1c(O)cc(O)c2c(=O)c(O)c(-c3ccc(O)c(O)c3)oc12. The maximum atomic E-state index is 13.5. The van der Waals surface area contributed by atoms with Gasteiger partial charge in [0.05, 0.1) is 25.2 Å². The van der Waals surface area contributed by atoms with Crippen LogP contribution in [0.2, 0.25) is 0 Å². The van der Waals surface area contributed by atoms with Crippen LogP contribution in [0.15, 0.2) is 73.2 Å². The summed E-state index contributed by atoms with van der Waals surface area (Å²) in [6.07, 6.45) is 0.612. The molecule has 2 heterocycles. The summed E-state index contributed by atoms with van der Waals surface area (Å²) in [7, 11) is 1.13. The van der Waals surface area contributed by atoms with Crippen molar-refractivity contribution in [2.45, 2.75) is 12.3 Å². The molecule has 3 aromatic carbocycles. The van der Waals surface area contributed by atoms with Crippen LogP contribution in [-0.4, -0.2) is 38.6 Å². The molecule has 0 fully saturated rings. The van der Waals surface area contributed by atoms with Gasteiger partial charge in [0.1, 0.15) is 28.1 Å². The number of phenols is 4. The van der Waals surface area contributed by atoms with E-state index in [-0.39, 0.29) is 27.7 Å². The second-order valence-electron chi connectivity index (χ2n) is 8.69. The van der Waals surface area contributed by atoms with Crippen LogP contribution in [0.3, 0.4) is 0 Å². The Morgan fingerprint density at radius 1 is 0.897 bits per heavy atom. The molecule has 5 rings (SSSR count). The zero-order valence-electron chi connectivity index (χ0n) is 20.2. The van der Waals surface area contributed by atoms with Crippen molar-refractivity contribution in [3.05, 3.63) is 86.4 Å². The van der Waals surface area contributed by atoms with Gasteiger partial charge in [-0.2, -0.15) is 0 Å². The maximum absolute atomic E-state index is 13.5. The molecule has 0 radical (unpaired) electrons. The van der Waals surface area contributed by atoms with E-state index in [1.807, 2.05) is 0 Å². The molecular formula is C28H20O11. The van der Waals surface area contributed by atoms with Crippen molar-refractivity contribution < 1.29 is 43.9 Å². The van der Waals surface area contributed by atoms with E-state index in [4.69, 9.17) is 13.6 Å². The summed E-state index contributed by atoms with van der Waals surface area (Å²) < 4.78 is 16.3. The molecule has 0 saturated carbocycles.